The molecule has 184 valence electrons. The second kappa shape index (κ2) is 9.77. The second-order valence-electron chi connectivity index (χ2n) is 9.52. The fraction of sp³-hybridized carbons (Fsp3) is 0.370. The Kier molecular flexibility index (Phi) is 6.94. The predicted molar refractivity (Wildman–Crippen MR) is 141 cm³/mol. The lowest BCUT2D eigenvalue weighted by Crippen LogP contribution is -2.48. The van der Waals surface area contributed by atoms with Crippen molar-refractivity contribution in [3.63, 3.8) is 0 Å². The topological polar surface area (TPSA) is 79.0 Å². The number of nitrogens with zero attached hydrogens (tertiary/aromatic N) is 2. The number of hydrogen-bond acceptors (Lipinski definition) is 6. The lowest BCUT2D eigenvalue weighted by atomic mass is 9.79. The molecule has 4 rings (SSSR count). The van der Waals surface area contributed by atoms with E-state index in [9.17, 15) is 14.4 Å². The Balaban J connectivity index is 1.49. The molecule has 1 saturated heterocycles. The van der Waals surface area contributed by atoms with Crippen LogP contribution in [0.5, 0.6) is 5.75 Å². The fourth-order valence-electron chi connectivity index (χ4n) is 5.00. The molecule has 1 N–H and O–H groups in total. The number of methoxy groups -OCH3 is 1. The molecule has 1 atom stereocenters. The molecule has 0 radical (unpaired) electrons. The zero-order valence-corrected chi connectivity index (χ0v) is 21.6. The molecule has 0 spiro atoms. The van der Waals surface area contributed by atoms with E-state index in [1.54, 1.807) is 37.5 Å². The minimum absolute atomic E-state index is 0.0811. The predicted octanol–water partition coefficient (Wildman–Crippen LogP) is 5.48. The Morgan fingerprint density at radius 3 is 2.57 bits per heavy atom. The number of thioether (sulfide) groups is 1. The average molecular weight is 494 g/mol. The van der Waals surface area contributed by atoms with E-state index in [0.717, 1.165) is 35.2 Å². The highest BCUT2D eigenvalue weighted by Gasteiger charge is 2.37. The number of amides is 3. The van der Waals surface area contributed by atoms with Gasteiger partial charge in [0.05, 0.1) is 12.0 Å². The van der Waals surface area contributed by atoms with Crippen molar-refractivity contribution in [2.45, 2.75) is 45.6 Å². The maximum atomic E-state index is 12.9. The van der Waals surface area contributed by atoms with Crippen molar-refractivity contribution < 1.29 is 19.1 Å². The molecule has 0 aromatic heterocycles. The van der Waals surface area contributed by atoms with E-state index >= 15 is 0 Å². The van der Waals surface area contributed by atoms with Gasteiger partial charge in [-0.2, -0.15) is 0 Å². The number of ether oxygens (including phenoxy) is 1. The normalized spacial score (nSPS) is 20.3. The van der Waals surface area contributed by atoms with Crippen molar-refractivity contribution in [1.82, 2.24) is 4.90 Å². The molecule has 2 aliphatic rings. The lowest BCUT2D eigenvalue weighted by Gasteiger charge is -2.47. The second-order valence-corrected chi connectivity index (χ2v) is 10.5. The third kappa shape index (κ3) is 5.07. The van der Waals surface area contributed by atoms with Gasteiger partial charge in [-0.25, -0.2) is 0 Å². The Hall–Kier alpha value is -3.26. The molecule has 0 saturated carbocycles. The minimum Gasteiger partial charge on any atom is -0.497 e. The zero-order chi connectivity index (χ0) is 25.3. The quantitative estimate of drug-likeness (QED) is 0.537. The van der Waals surface area contributed by atoms with Gasteiger partial charge in [-0.3, -0.25) is 19.3 Å². The third-order valence-corrected chi connectivity index (χ3v) is 7.48. The van der Waals surface area contributed by atoms with Gasteiger partial charge in [0.25, 0.3) is 11.1 Å². The van der Waals surface area contributed by atoms with Gasteiger partial charge in [-0.1, -0.05) is 13.0 Å². The Morgan fingerprint density at radius 2 is 1.91 bits per heavy atom. The first kappa shape index (κ1) is 24.9. The van der Waals surface area contributed by atoms with Gasteiger partial charge < -0.3 is 15.0 Å². The summed E-state index contributed by atoms with van der Waals surface area (Å²) >= 11 is 0.864. The summed E-state index contributed by atoms with van der Waals surface area (Å²) in [5.74, 6) is 0.158. The first-order valence-electron chi connectivity index (χ1n) is 11.7. The van der Waals surface area contributed by atoms with Crippen LogP contribution in [0.4, 0.5) is 16.2 Å². The van der Waals surface area contributed by atoms with Crippen LogP contribution >= 0.6 is 11.8 Å². The van der Waals surface area contributed by atoms with E-state index in [2.05, 4.69) is 50.0 Å². The number of imide groups is 1. The van der Waals surface area contributed by atoms with Gasteiger partial charge in [-0.15, -0.1) is 0 Å². The Labute approximate surface area is 210 Å². The van der Waals surface area contributed by atoms with Gasteiger partial charge in [0.15, 0.2) is 0 Å². The highest BCUT2D eigenvalue weighted by Crippen LogP contribution is 2.44. The molecule has 2 aromatic carbocycles. The smallest absolute Gasteiger partial charge is 0.294 e. The summed E-state index contributed by atoms with van der Waals surface area (Å²) in [5.41, 5.74) is 3.98. The minimum atomic E-state index is -0.452. The molecule has 2 aromatic rings. The molecule has 35 heavy (non-hydrogen) atoms. The molecule has 0 aliphatic carbocycles. The molecule has 1 unspecified atom stereocenters. The van der Waals surface area contributed by atoms with Crippen LogP contribution in [0.15, 0.2) is 47.4 Å². The standard InChI is InChI=1S/C27H31N3O4S/c1-6-30-22-12-7-18(13-21(22)17(2)15-27(30,3)4)14-23-25(32)29(26(33)35-23)16-24(31)28-19-8-10-20(34-5)11-9-19/h7-14,17H,6,15-16H2,1-5H3,(H,28,31)/b23-14+. The van der Waals surface area contributed by atoms with Crippen LogP contribution in [0.1, 0.15) is 51.2 Å². The maximum absolute atomic E-state index is 12.9. The lowest BCUT2D eigenvalue weighted by molar-refractivity contribution is -0.127. The number of anilines is 2. The zero-order valence-electron chi connectivity index (χ0n) is 20.8. The summed E-state index contributed by atoms with van der Waals surface area (Å²) < 4.78 is 5.11. The van der Waals surface area contributed by atoms with E-state index in [1.807, 2.05) is 6.07 Å². The average Bonchev–Trinajstić information content (AvgIpc) is 3.07. The summed E-state index contributed by atoms with van der Waals surface area (Å²) in [5, 5.41) is 2.26. The number of benzene rings is 2. The van der Waals surface area contributed by atoms with E-state index in [-0.39, 0.29) is 12.1 Å². The van der Waals surface area contributed by atoms with E-state index in [4.69, 9.17) is 4.74 Å². The summed E-state index contributed by atoms with van der Waals surface area (Å²) in [6.45, 7) is 9.51. The van der Waals surface area contributed by atoms with Gasteiger partial charge in [0.2, 0.25) is 5.91 Å². The summed E-state index contributed by atoms with van der Waals surface area (Å²) in [6, 6.07) is 13.0. The summed E-state index contributed by atoms with van der Waals surface area (Å²) in [4.78, 5) is 41.6. The van der Waals surface area contributed by atoms with Crippen molar-refractivity contribution >= 4 is 46.3 Å². The van der Waals surface area contributed by atoms with Gasteiger partial charge in [0.1, 0.15) is 12.3 Å². The van der Waals surface area contributed by atoms with Gasteiger partial charge in [0, 0.05) is 23.5 Å². The largest absolute Gasteiger partial charge is 0.497 e. The van der Waals surface area contributed by atoms with Crippen LogP contribution in [0, 0.1) is 0 Å². The molecule has 3 amide bonds. The van der Waals surface area contributed by atoms with E-state index in [1.165, 1.54) is 11.3 Å². The highest BCUT2D eigenvalue weighted by molar-refractivity contribution is 8.18. The molecular weight excluding hydrogens is 462 g/mol. The number of nitrogens with one attached hydrogen (secondary N) is 1. The SMILES string of the molecule is CCN1c2ccc(/C=C3/SC(=O)N(CC(=O)Nc4ccc(OC)cc4)C3=O)cc2C(C)CC1(C)C. The van der Waals surface area contributed by atoms with E-state index in [0.29, 0.717) is 22.3 Å². The van der Waals surface area contributed by atoms with Crippen molar-refractivity contribution in [2.24, 2.45) is 0 Å². The Morgan fingerprint density at radius 1 is 1.20 bits per heavy atom. The van der Waals surface area contributed by atoms with Crippen molar-refractivity contribution in [3.8, 4) is 5.75 Å². The van der Waals surface area contributed by atoms with Gasteiger partial charge in [-0.05, 0) is 98.5 Å². The monoisotopic (exact) mass is 493 g/mol. The van der Waals surface area contributed by atoms with Crippen LogP contribution in [0.3, 0.4) is 0 Å². The molecule has 7 nitrogen and oxygen atoms in total. The number of carbonyl (C=O) groups is 3. The summed E-state index contributed by atoms with van der Waals surface area (Å²) in [7, 11) is 1.56. The molecule has 0 bridgehead atoms. The molecule has 2 heterocycles. The molecule has 8 heteroatoms. The Bertz CT molecular complexity index is 1190. The van der Waals surface area contributed by atoms with E-state index < -0.39 is 17.1 Å². The third-order valence-electron chi connectivity index (χ3n) is 6.57. The van der Waals surface area contributed by atoms with Crippen LogP contribution < -0.4 is 15.0 Å². The van der Waals surface area contributed by atoms with Crippen LogP contribution in [0.25, 0.3) is 6.08 Å². The van der Waals surface area contributed by atoms with Crippen LogP contribution in [-0.2, 0) is 9.59 Å². The first-order chi connectivity index (χ1) is 16.6. The maximum Gasteiger partial charge on any atom is 0.294 e. The fourth-order valence-corrected chi connectivity index (χ4v) is 5.84. The number of rotatable bonds is 6. The number of hydrogen-bond donors (Lipinski definition) is 1. The first-order valence-corrected chi connectivity index (χ1v) is 12.6. The van der Waals surface area contributed by atoms with Gasteiger partial charge >= 0.3 is 0 Å². The molecule has 2 aliphatic heterocycles. The van der Waals surface area contributed by atoms with Crippen LogP contribution in [-0.4, -0.2) is 47.7 Å². The molecular formula is C27H31N3O4S. The summed E-state index contributed by atoms with van der Waals surface area (Å²) in [6.07, 6.45) is 2.78. The number of carbonyl (C=O) groups excluding carboxylic acids is 3. The number of fused-ring (bicyclic) bond motifs is 1. The van der Waals surface area contributed by atoms with Crippen molar-refractivity contribution in [3.05, 3.63) is 58.5 Å². The van der Waals surface area contributed by atoms with Crippen molar-refractivity contribution in [2.75, 3.05) is 30.4 Å². The highest BCUT2D eigenvalue weighted by atomic mass is 32.2. The van der Waals surface area contributed by atoms with Crippen LogP contribution in [0.2, 0.25) is 0 Å². The molecule has 1 fully saturated rings. The van der Waals surface area contributed by atoms with Crippen molar-refractivity contribution in [1.29, 1.82) is 0 Å².